The van der Waals surface area contributed by atoms with Crippen molar-refractivity contribution in [3.8, 4) is 0 Å². The molecule has 7 heteroatoms. The van der Waals surface area contributed by atoms with Crippen molar-refractivity contribution in [2.45, 2.75) is 13.3 Å². The van der Waals surface area contributed by atoms with Crippen molar-refractivity contribution >= 4 is 18.4 Å². The highest BCUT2D eigenvalue weighted by atomic mass is 32.1. The molecule has 22 heavy (non-hydrogen) atoms. The van der Waals surface area contributed by atoms with Gasteiger partial charge in [-0.2, -0.15) is 14.9 Å². The van der Waals surface area contributed by atoms with Crippen LogP contribution in [0.2, 0.25) is 0 Å². The third kappa shape index (κ3) is 3.20. The fourth-order valence-electron chi connectivity index (χ4n) is 1.98. The Kier molecular flexibility index (Phi) is 3.97. The number of benzene rings is 1. The standard InChI is InChI=1S/C15H13FN4OS/c1-10-2-7-13(21-10)9-17-20-14(18-19-15(20)22)8-11-3-5-12(16)6-4-11/h2-7,9H,8H2,1H3,(H,19,22)/b17-9-. The monoisotopic (exact) mass is 316 g/mol. The van der Waals surface area contributed by atoms with E-state index in [4.69, 9.17) is 16.6 Å². The first-order valence-corrected chi connectivity index (χ1v) is 7.04. The summed E-state index contributed by atoms with van der Waals surface area (Å²) in [5, 5.41) is 11.2. The lowest BCUT2D eigenvalue weighted by Crippen LogP contribution is -2.00. The third-order valence-corrected chi connectivity index (χ3v) is 3.32. The Bertz CT molecular complexity index is 860. The summed E-state index contributed by atoms with van der Waals surface area (Å²) in [6.07, 6.45) is 2.06. The van der Waals surface area contributed by atoms with E-state index in [-0.39, 0.29) is 5.82 Å². The van der Waals surface area contributed by atoms with Gasteiger partial charge in [0.2, 0.25) is 4.77 Å². The fourth-order valence-corrected chi connectivity index (χ4v) is 2.18. The minimum Gasteiger partial charge on any atom is -0.460 e. The molecule has 2 aromatic heterocycles. The van der Waals surface area contributed by atoms with Crippen LogP contribution in [0.3, 0.4) is 0 Å². The van der Waals surface area contributed by atoms with Gasteiger partial charge in [-0.05, 0) is 49.0 Å². The van der Waals surface area contributed by atoms with E-state index in [0.29, 0.717) is 22.8 Å². The van der Waals surface area contributed by atoms with Crippen molar-refractivity contribution in [1.82, 2.24) is 14.9 Å². The maximum atomic E-state index is 12.9. The molecule has 0 unspecified atom stereocenters. The van der Waals surface area contributed by atoms with Gasteiger partial charge in [-0.3, -0.25) is 5.10 Å². The highest BCUT2D eigenvalue weighted by Gasteiger charge is 2.07. The number of nitrogens with one attached hydrogen (secondary N) is 1. The number of H-pyrrole nitrogens is 1. The van der Waals surface area contributed by atoms with E-state index in [1.807, 2.05) is 19.1 Å². The lowest BCUT2D eigenvalue weighted by Gasteiger charge is -2.01. The summed E-state index contributed by atoms with van der Waals surface area (Å²) in [4.78, 5) is 0. The van der Waals surface area contributed by atoms with Crippen LogP contribution in [-0.4, -0.2) is 21.1 Å². The molecule has 3 aromatic rings. The van der Waals surface area contributed by atoms with Gasteiger partial charge in [-0.25, -0.2) is 4.39 Å². The van der Waals surface area contributed by atoms with Gasteiger partial charge in [0, 0.05) is 6.42 Å². The first kappa shape index (κ1) is 14.4. The Labute approximate surface area is 131 Å². The molecule has 0 fully saturated rings. The van der Waals surface area contributed by atoms with Gasteiger partial charge < -0.3 is 4.42 Å². The van der Waals surface area contributed by atoms with E-state index in [9.17, 15) is 4.39 Å². The predicted octanol–water partition coefficient (Wildman–Crippen LogP) is 3.45. The number of hydrogen-bond acceptors (Lipinski definition) is 4. The maximum Gasteiger partial charge on any atom is 0.216 e. The number of rotatable bonds is 4. The van der Waals surface area contributed by atoms with Gasteiger partial charge in [0.25, 0.3) is 0 Å². The molecule has 1 N–H and O–H groups in total. The molecule has 0 amide bonds. The van der Waals surface area contributed by atoms with Gasteiger partial charge in [0.1, 0.15) is 17.3 Å². The van der Waals surface area contributed by atoms with Gasteiger partial charge >= 0.3 is 0 Å². The minimum atomic E-state index is -0.270. The van der Waals surface area contributed by atoms with Crippen LogP contribution in [-0.2, 0) is 6.42 Å². The van der Waals surface area contributed by atoms with Crippen LogP contribution >= 0.6 is 12.2 Å². The second-order valence-electron chi connectivity index (χ2n) is 4.75. The number of aromatic amines is 1. The second kappa shape index (κ2) is 6.07. The summed E-state index contributed by atoms with van der Waals surface area (Å²) in [6.45, 7) is 1.86. The van der Waals surface area contributed by atoms with Gasteiger partial charge in [0.15, 0.2) is 5.82 Å². The molecule has 0 spiro atoms. The lowest BCUT2D eigenvalue weighted by molar-refractivity contribution is 0.527. The normalized spacial score (nSPS) is 11.4. The fraction of sp³-hybridized carbons (Fsp3) is 0.133. The molecule has 0 saturated carbocycles. The summed E-state index contributed by atoms with van der Waals surface area (Å²) >= 11 is 5.17. The van der Waals surface area contributed by atoms with E-state index < -0.39 is 0 Å². The van der Waals surface area contributed by atoms with E-state index in [1.54, 1.807) is 18.3 Å². The van der Waals surface area contributed by atoms with E-state index >= 15 is 0 Å². The molecule has 3 rings (SSSR count). The molecular weight excluding hydrogens is 303 g/mol. The number of halogens is 1. The Balaban J connectivity index is 1.86. The molecule has 0 atom stereocenters. The van der Waals surface area contributed by atoms with Crippen LogP contribution < -0.4 is 0 Å². The first-order valence-electron chi connectivity index (χ1n) is 6.63. The number of hydrogen-bond donors (Lipinski definition) is 1. The summed E-state index contributed by atoms with van der Waals surface area (Å²) in [6, 6.07) is 9.91. The first-order chi connectivity index (χ1) is 10.6. The molecule has 5 nitrogen and oxygen atoms in total. The summed E-state index contributed by atoms with van der Waals surface area (Å²) < 4.78 is 20.3. The average Bonchev–Trinajstić information content (AvgIpc) is 3.06. The molecule has 2 heterocycles. The topological polar surface area (TPSA) is 59.1 Å². The molecule has 0 aliphatic heterocycles. The largest absolute Gasteiger partial charge is 0.460 e. The van der Waals surface area contributed by atoms with Crippen molar-refractivity contribution in [3.63, 3.8) is 0 Å². The second-order valence-corrected chi connectivity index (χ2v) is 5.14. The van der Waals surface area contributed by atoms with Crippen LogP contribution in [0, 0.1) is 17.5 Å². The maximum absolute atomic E-state index is 12.9. The molecular formula is C15H13FN4OS. The van der Waals surface area contributed by atoms with Crippen molar-refractivity contribution in [2.24, 2.45) is 5.10 Å². The predicted molar refractivity (Wildman–Crippen MR) is 83.1 cm³/mol. The Morgan fingerprint density at radius 1 is 1.32 bits per heavy atom. The van der Waals surface area contributed by atoms with Crippen LogP contribution in [0.4, 0.5) is 4.39 Å². The number of aryl methyl sites for hydroxylation is 1. The zero-order valence-electron chi connectivity index (χ0n) is 11.8. The van der Waals surface area contributed by atoms with Crippen LogP contribution in [0.5, 0.6) is 0 Å². The van der Waals surface area contributed by atoms with Crippen molar-refractivity contribution < 1.29 is 8.81 Å². The van der Waals surface area contributed by atoms with Crippen molar-refractivity contribution in [2.75, 3.05) is 0 Å². The minimum absolute atomic E-state index is 0.270. The van der Waals surface area contributed by atoms with Crippen LogP contribution in [0.25, 0.3) is 0 Å². The Morgan fingerprint density at radius 3 is 2.77 bits per heavy atom. The highest BCUT2D eigenvalue weighted by Crippen LogP contribution is 2.10. The van der Waals surface area contributed by atoms with Crippen LogP contribution in [0.15, 0.2) is 45.9 Å². The van der Waals surface area contributed by atoms with Gasteiger partial charge in [-0.15, -0.1) is 0 Å². The van der Waals surface area contributed by atoms with Crippen molar-refractivity contribution in [1.29, 1.82) is 0 Å². The van der Waals surface area contributed by atoms with E-state index in [1.165, 1.54) is 16.8 Å². The summed E-state index contributed by atoms with van der Waals surface area (Å²) in [7, 11) is 0. The zero-order valence-corrected chi connectivity index (χ0v) is 12.6. The summed E-state index contributed by atoms with van der Waals surface area (Å²) in [5.41, 5.74) is 0.917. The lowest BCUT2D eigenvalue weighted by atomic mass is 10.1. The molecule has 1 aromatic carbocycles. The molecule has 0 saturated heterocycles. The number of furan rings is 1. The Hall–Kier alpha value is -2.54. The molecule has 112 valence electrons. The number of nitrogens with zero attached hydrogens (tertiary/aromatic N) is 3. The van der Waals surface area contributed by atoms with E-state index in [2.05, 4.69) is 15.3 Å². The Morgan fingerprint density at radius 2 is 2.09 bits per heavy atom. The highest BCUT2D eigenvalue weighted by molar-refractivity contribution is 7.71. The third-order valence-electron chi connectivity index (χ3n) is 3.05. The van der Waals surface area contributed by atoms with Gasteiger partial charge in [-0.1, -0.05) is 12.1 Å². The molecule has 0 aliphatic carbocycles. The molecule has 0 aliphatic rings. The van der Waals surface area contributed by atoms with Crippen molar-refractivity contribution in [3.05, 3.63) is 69.9 Å². The number of aromatic nitrogens is 3. The summed E-state index contributed by atoms with van der Waals surface area (Å²) in [5.74, 6) is 1.81. The SMILES string of the molecule is Cc1ccc(/C=N\n2c(Cc3ccc(F)cc3)n[nH]c2=S)o1. The molecule has 0 bridgehead atoms. The zero-order chi connectivity index (χ0) is 15.5. The quantitative estimate of drug-likeness (QED) is 0.592. The average molecular weight is 316 g/mol. The molecule has 0 radical (unpaired) electrons. The van der Waals surface area contributed by atoms with Gasteiger partial charge in [0.05, 0.1) is 6.21 Å². The van der Waals surface area contributed by atoms with Crippen LogP contribution in [0.1, 0.15) is 22.9 Å². The smallest absolute Gasteiger partial charge is 0.216 e. The van der Waals surface area contributed by atoms with E-state index in [0.717, 1.165) is 11.3 Å².